The minimum absolute atomic E-state index is 0.826. The molecule has 0 radical (unpaired) electrons. The third-order valence-corrected chi connectivity index (χ3v) is 4.31. The third-order valence-electron chi connectivity index (χ3n) is 2.46. The van der Waals surface area contributed by atoms with Gasteiger partial charge in [-0.3, -0.25) is 0 Å². The van der Waals surface area contributed by atoms with Gasteiger partial charge < -0.3 is 4.42 Å². The van der Waals surface area contributed by atoms with E-state index in [4.69, 9.17) is 4.42 Å². The largest absolute Gasteiger partial charge is 0.412 e. The van der Waals surface area contributed by atoms with E-state index in [1.54, 1.807) is 6.26 Å². The highest BCUT2D eigenvalue weighted by atomic mass is 28.3. The number of hydrogen-bond acceptors (Lipinski definition) is 1. The van der Waals surface area contributed by atoms with Crippen LogP contribution in [0.5, 0.6) is 0 Å². The lowest BCUT2D eigenvalue weighted by atomic mass is 10.3. The molecule has 0 aromatic carbocycles. The quantitative estimate of drug-likeness (QED) is 0.416. The Bertz CT molecular complexity index is 275. The summed E-state index contributed by atoms with van der Waals surface area (Å²) in [6, 6.07) is 1.43. The van der Waals surface area contributed by atoms with E-state index in [1.165, 1.54) is 24.6 Å². The Morgan fingerprint density at radius 2 is 2.00 bits per heavy atom. The molecule has 1 aromatic rings. The predicted octanol–water partition coefficient (Wildman–Crippen LogP) is 2.99. The molecule has 1 rings (SSSR count). The summed E-state index contributed by atoms with van der Waals surface area (Å²) in [4.78, 5) is 0. The Balaban J connectivity index is 2.20. The summed E-state index contributed by atoms with van der Waals surface area (Å²) >= 11 is 0. The summed E-state index contributed by atoms with van der Waals surface area (Å²) in [6.07, 6.45) is 6.24. The van der Waals surface area contributed by atoms with Gasteiger partial charge >= 0.3 is 6.39 Å². The average molecular weight is 212 g/mol. The van der Waals surface area contributed by atoms with Crippen LogP contribution in [0.25, 0.3) is 0 Å². The van der Waals surface area contributed by atoms with Crippen LogP contribution in [0, 0.1) is 6.92 Å². The molecule has 0 fully saturated rings. The van der Waals surface area contributed by atoms with Gasteiger partial charge in [-0.1, -0.05) is 25.7 Å². The Labute approximate surface area is 88.0 Å². The Hall–Kier alpha value is -0.573. The van der Waals surface area contributed by atoms with E-state index in [-0.39, 0.29) is 0 Å². The van der Waals surface area contributed by atoms with Crippen molar-refractivity contribution in [3.05, 3.63) is 18.4 Å². The zero-order chi connectivity index (χ0) is 10.6. The lowest BCUT2D eigenvalue weighted by Gasteiger charge is -2.14. The van der Waals surface area contributed by atoms with Gasteiger partial charge in [0.25, 0.3) is 0 Å². The van der Waals surface area contributed by atoms with Crippen molar-refractivity contribution in [2.24, 2.45) is 0 Å². The van der Waals surface area contributed by atoms with Crippen molar-refractivity contribution in [1.29, 1.82) is 0 Å². The highest BCUT2D eigenvalue weighted by Gasteiger charge is 2.13. The number of aryl methyl sites for hydroxylation is 2. The molecule has 0 unspecified atom stereocenters. The van der Waals surface area contributed by atoms with Crippen LogP contribution in [0.15, 0.2) is 17.1 Å². The van der Waals surface area contributed by atoms with Gasteiger partial charge in [-0.25, -0.2) is 0 Å². The molecule has 80 valence electrons. The van der Waals surface area contributed by atoms with Crippen LogP contribution in [0.1, 0.15) is 18.5 Å². The maximum Gasteiger partial charge on any atom is 0.334 e. The maximum atomic E-state index is 5.11. The predicted molar refractivity (Wildman–Crippen MR) is 61.0 cm³/mol. The molecule has 0 N–H and O–H groups in total. The second-order valence-corrected chi connectivity index (χ2v) is 10.8. The smallest absolute Gasteiger partial charge is 0.334 e. The summed E-state index contributed by atoms with van der Waals surface area (Å²) in [5.74, 6) is 0. The van der Waals surface area contributed by atoms with Gasteiger partial charge in [0.2, 0.25) is 5.69 Å². The monoisotopic (exact) mass is 212 g/mol. The fraction of sp³-hybridized carbons (Fsp3) is 0.727. The first kappa shape index (κ1) is 11.5. The lowest BCUT2D eigenvalue weighted by Crippen LogP contribution is -2.34. The first-order valence-electron chi connectivity index (χ1n) is 5.41. The molecule has 14 heavy (non-hydrogen) atoms. The van der Waals surface area contributed by atoms with Crippen LogP contribution in [-0.2, 0) is 6.54 Å². The molecule has 0 spiro atoms. The molecular formula is C11H22NOSi+. The van der Waals surface area contributed by atoms with Crippen molar-refractivity contribution in [3.8, 4) is 0 Å². The fourth-order valence-electron chi connectivity index (χ4n) is 1.52. The van der Waals surface area contributed by atoms with Crippen LogP contribution < -0.4 is 4.57 Å². The molecule has 3 heteroatoms. The number of rotatable bonds is 5. The second-order valence-electron chi connectivity index (χ2n) is 5.21. The topological polar surface area (TPSA) is 17.0 Å². The van der Waals surface area contributed by atoms with E-state index in [9.17, 15) is 0 Å². The first-order chi connectivity index (χ1) is 6.49. The summed E-state index contributed by atoms with van der Waals surface area (Å²) in [7, 11) is -0.826. The normalized spacial score (nSPS) is 12.0. The van der Waals surface area contributed by atoms with Crippen LogP contribution >= 0.6 is 0 Å². The standard InChI is InChI=1S/C11H22NOSi/c1-11-9-13-10-12(11)7-5-6-8-14(2,3)4/h9-10H,5-8H2,1-4H3/q+1. The van der Waals surface area contributed by atoms with Gasteiger partial charge in [-0.15, -0.1) is 0 Å². The van der Waals surface area contributed by atoms with Gasteiger partial charge in [0.05, 0.1) is 0 Å². The van der Waals surface area contributed by atoms with E-state index < -0.39 is 8.07 Å². The number of unbranched alkanes of at least 4 members (excludes halogenated alkanes) is 1. The van der Waals surface area contributed by atoms with Crippen LogP contribution in [-0.4, -0.2) is 8.07 Å². The molecule has 2 nitrogen and oxygen atoms in total. The van der Waals surface area contributed by atoms with Gasteiger partial charge in [0.1, 0.15) is 0 Å². The number of hydrogen-bond donors (Lipinski definition) is 0. The Kier molecular flexibility index (Phi) is 3.93. The Morgan fingerprint density at radius 3 is 2.50 bits per heavy atom. The van der Waals surface area contributed by atoms with E-state index >= 15 is 0 Å². The van der Waals surface area contributed by atoms with Crippen molar-refractivity contribution >= 4 is 8.07 Å². The molecule has 1 heterocycles. The lowest BCUT2D eigenvalue weighted by molar-refractivity contribution is -0.705. The molecule has 0 aliphatic carbocycles. The van der Waals surface area contributed by atoms with E-state index in [1.807, 2.05) is 6.39 Å². The number of aromatic nitrogens is 1. The minimum atomic E-state index is -0.826. The van der Waals surface area contributed by atoms with E-state index in [0.717, 1.165) is 6.54 Å². The van der Waals surface area contributed by atoms with Gasteiger partial charge in [-0.05, 0) is 6.42 Å². The molecule has 0 amide bonds. The molecular weight excluding hydrogens is 190 g/mol. The van der Waals surface area contributed by atoms with Crippen LogP contribution in [0.2, 0.25) is 25.7 Å². The highest BCUT2D eigenvalue weighted by molar-refractivity contribution is 6.76. The minimum Gasteiger partial charge on any atom is -0.412 e. The van der Waals surface area contributed by atoms with E-state index in [2.05, 4.69) is 31.1 Å². The van der Waals surface area contributed by atoms with Gasteiger partial charge in [-0.2, -0.15) is 4.57 Å². The third kappa shape index (κ3) is 4.09. The van der Waals surface area contributed by atoms with Crippen LogP contribution in [0.4, 0.5) is 0 Å². The summed E-state index contributed by atoms with van der Waals surface area (Å²) in [5.41, 5.74) is 1.22. The second kappa shape index (κ2) is 4.78. The molecule has 0 aliphatic rings. The van der Waals surface area contributed by atoms with Gasteiger partial charge in [0, 0.05) is 21.4 Å². The summed E-state index contributed by atoms with van der Waals surface area (Å²) < 4.78 is 7.30. The van der Waals surface area contributed by atoms with Crippen molar-refractivity contribution in [2.45, 2.75) is 52.0 Å². The van der Waals surface area contributed by atoms with Crippen molar-refractivity contribution in [1.82, 2.24) is 0 Å². The molecule has 0 saturated carbocycles. The highest BCUT2D eigenvalue weighted by Crippen LogP contribution is 2.12. The summed E-state index contributed by atoms with van der Waals surface area (Å²) in [5, 5.41) is 0. The summed E-state index contributed by atoms with van der Waals surface area (Å²) in [6.45, 7) is 10.5. The molecule has 0 aliphatic heterocycles. The molecule has 0 saturated heterocycles. The first-order valence-corrected chi connectivity index (χ1v) is 9.12. The zero-order valence-corrected chi connectivity index (χ0v) is 10.8. The zero-order valence-electron chi connectivity index (χ0n) is 9.84. The van der Waals surface area contributed by atoms with E-state index in [0.29, 0.717) is 0 Å². The molecule has 0 atom stereocenters. The fourth-order valence-corrected chi connectivity index (χ4v) is 2.83. The van der Waals surface area contributed by atoms with Crippen molar-refractivity contribution < 1.29 is 8.98 Å². The average Bonchev–Trinajstić information content (AvgIpc) is 2.44. The number of oxazole rings is 1. The van der Waals surface area contributed by atoms with Gasteiger partial charge in [0.15, 0.2) is 12.8 Å². The SMILES string of the molecule is Cc1coc[n+]1CCCC[Si](C)(C)C. The van der Waals surface area contributed by atoms with Crippen LogP contribution in [0.3, 0.4) is 0 Å². The number of nitrogens with zero attached hydrogens (tertiary/aromatic N) is 1. The molecule has 0 bridgehead atoms. The molecule has 1 aromatic heterocycles. The van der Waals surface area contributed by atoms with Crippen molar-refractivity contribution in [2.75, 3.05) is 0 Å². The Morgan fingerprint density at radius 1 is 1.29 bits per heavy atom. The van der Waals surface area contributed by atoms with Crippen molar-refractivity contribution in [3.63, 3.8) is 0 Å². The maximum absolute atomic E-state index is 5.11.